The predicted octanol–water partition coefficient (Wildman–Crippen LogP) is 2.98. The second-order valence-corrected chi connectivity index (χ2v) is 4.01. The summed E-state index contributed by atoms with van der Waals surface area (Å²) in [7, 11) is 1.58. The third-order valence-corrected chi connectivity index (χ3v) is 3.10. The number of hydrogen-bond acceptors (Lipinski definition) is 3. The fourth-order valence-electron chi connectivity index (χ4n) is 1.42. The van der Waals surface area contributed by atoms with Gasteiger partial charge in [0.2, 0.25) is 0 Å². The van der Waals surface area contributed by atoms with Gasteiger partial charge in [0.1, 0.15) is 10.8 Å². The quantitative estimate of drug-likeness (QED) is 0.766. The van der Waals surface area contributed by atoms with Gasteiger partial charge < -0.3 is 9.47 Å². The number of ether oxygens (including phenoxy) is 2. The number of cyclic esters (lactones) is 1. The van der Waals surface area contributed by atoms with E-state index in [1.54, 1.807) is 31.4 Å². The normalized spacial score (nSPS) is 19.9. The minimum absolute atomic E-state index is 0.0533. The number of carbonyl (C=O) groups excluding carboxylic acids is 1. The van der Waals surface area contributed by atoms with Crippen LogP contribution < -0.4 is 4.74 Å². The van der Waals surface area contributed by atoms with Crippen molar-refractivity contribution in [3.63, 3.8) is 0 Å². The van der Waals surface area contributed by atoms with Crippen molar-refractivity contribution < 1.29 is 14.3 Å². The van der Waals surface area contributed by atoms with E-state index in [2.05, 4.69) is 0 Å². The van der Waals surface area contributed by atoms with Gasteiger partial charge in [0.15, 0.2) is 6.10 Å². The lowest BCUT2D eigenvalue weighted by atomic mass is 10.1. The van der Waals surface area contributed by atoms with Crippen molar-refractivity contribution in [2.45, 2.75) is 6.10 Å². The fraction of sp³-hybridized carbons (Fsp3) is 0.182. The first kappa shape index (κ1) is 11.3. The number of benzene rings is 1. The number of rotatable bonds is 2. The van der Waals surface area contributed by atoms with Crippen molar-refractivity contribution in [2.75, 3.05) is 7.11 Å². The molecule has 0 aromatic heterocycles. The third-order valence-electron chi connectivity index (χ3n) is 2.26. The van der Waals surface area contributed by atoms with Crippen molar-refractivity contribution in [1.29, 1.82) is 0 Å². The molecule has 2 rings (SSSR count). The topological polar surface area (TPSA) is 35.5 Å². The van der Waals surface area contributed by atoms with E-state index in [0.717, 1.165) is 11.3 Å². The molecule has 1 atom stereocenters. The smallest absolute Gasteiger partial charge is 0.352 e. The summed E-state index contributed by atoms with van der Waals surface area (Å²) in [6.45, 7) is 0. The average molecular weight is 259 g/mol. The molecule has 1 aliphatic rings. The molecule has 0 amide bonds. The maximum atomic E-state index is 11.2. The highest BCUT2D eigenvalue weighted by Gasteiger charge is 2.33. The Morgan fingerprint density at radius 3 is 2.31 bits per heavy atom. The van der Waals surface area contributed by atoms with E-state index < -0.39 is 12.1 Å². The molecule has 1 heterocycles. The summed E-state index contributed by atoms with van der Waals surface area (Å²) in [5, 5.41) is 0.166. The minimum Gasteiger partial charge on any atom is -0.497 e. The van der Waals surface area contributed by atoms with Gasteiger partial charge >= 0.3 is 5.97 Å². The summed E-state index contributed by atoms with van der Waals surface area (Å²) in [5.74, 6) is 0.131. The van der Waals surface area contributed by atoms with Crippen LogP contribution in [-0.4, -0.2) is 13.1 Å². The molecule has 84 valence electrons. The van der Waals surface area contributed by atoms with Gasteiger partial charge in [-0.05, 0) is 17.7 Å². The highest BCUT2D eigenvalue weighted by molar-refractivity contribution is 6.48. The molecular formula is C11H8Cl2O3. The number of methoxy groups -OCH3 is 1. The van der Waals surface area contributed by atoms with Crippen molar-refractivity contribution in [3.05, 3.63) is 39.9 Å². The molecule has 3 nitrogen and oxygen atoms in total. The molecular weight excluding hydrogens is 251 g/mol. The molecule has 1 aromatic carbocycles. The maximum Gasteiger partial charge on any atom is 0.352 e. The maximum absolute atomic E-state index is 11.2. The summed E-state index contributed by atoms with van der Waals surface area (Å²) >= 11 is 11.6. The van der Waals surface area contributed by atoms with Gasteiger partial charge in [0.05, 0.1) is 12.1 Å². The summed E-state index contributed by atoms with van der Waals surface area (Å²) in [6, 6.07) is 7.07. The highest BCUT2D eigenvalue weighted by atomic mass is 35.5. The van der Waals surface area contributed by atoms with Crippen molar-refractivity contribution in [3.8, 4) is 5.75 Å². The van der Waals surface area contributed by atoms with Gasteiger partial charge in [-0.15, -0.1) is 0 Å². The Morgan fingerprint density at radius 2 is 1.88 bits per heavy atom. The lowest BCUT2D eigenvalue weighted by molar-refractivity contribution is -0.139. The predicted molar refractivity (Wildman–Crippen MR) is 60.6 cm³/mol. The van der Waals surface area contributed by atoms with Crippen LogP contribution >= 0.6 is 23.2 Å². The molecule has 0 fully saturated rings. The molecule has 0 unspecified atom stereocenters. The zero-order valence-electron chi connectivity index (χ0n) is 8.37. The number of esters is 1. The van der Waals surface area contributed by atoms with Crippen LogP contribution in [0.3, 0.4) is 0 Å². The van der Waals surface area contributed by atoms with Crippen LogP contribution in [0.5, 0.6) is 5.75 Å². The molecule has 1 aliphatic heterocycles. The van der Waals surface area contributed by atoms with Crippen LogP contribution in [0.2, 0.25) is 0 Å². The summed E-state index contributed by atoms with van der Waals surface area (Å²) < 4.78 is 10.0. The van der Waals surface area contributed by atoms with Gasteiger partial charge in [0, 0.05) is 0 Å². The standard InChI is InChI=1S/C11H8Cl2O3/c1-15-7-4-2-6(3-5-7)10-8(12)9(13)11(14)16-10/h2-5,10H,1H3/t10-/m0/s1. The Bertz CT molecular complexity index is 451. The lowest BCUT2D eigenvalue weighted by Gasteiger charge is -2.10. The average Bonchev–Trinajstić information content (AvgIpc) is 2.57. The largest absolute Gasteiger partial charge is 0.497 e. The van der Waals surface area contributed by atoms with Crippen molar-refractivity contribution in [2.24, 2.45) is 0 Å². The van der Waals surface area contributed by atoms with E-state index in [1.165, 1.54) is 0 Å². The van der Waals surface area contributed by atoms with E-state index in [0.29, 0.717) is 0 Å². The van der Waals surface area contributed by atoms with E-state index in [1.807, 2.05) is 0 Å². The van der Waals surface area contributed by atoms with E-state index >= 15 is 0 Å². The van der Waals surface area contributed by atoms with Gasteiger partial charge in [-0.2, -0.15) is 0 Å². The summed E-state index contributed by atoms with van der Waals surface area (Å²) in [5.41, 5.74) is 0.759. The van der Waals surface area contributed by atoms with Gasteiger partial charge in [0.25, 0.3) is 0 Å². The van der Waals surface area contributed by atoms with E-state index in [9.17, 15) is 4.79 Å². The molecule has 1 aromatic rings. The number of hydrogen-bond donors (Lipinski definition) is 0. The molecule has 0 saturated heterocycles. The Kier molecular flexibility index (Phi) is 3.08. The zero-order valence-corrected chi connectivity index (χ0v) is 9.88. The van der Waals surface area contributed by atoms with Crippen molar-refractivity contribution in [1.82, 2.24) is 0 Å². The van der Waals surface area contributed by atoms with E-state index in [4.69, 9.17) is 32.7 Å². The second kappa shape index (κ2) is 4.36. The monoisotopic (exact) mass is 258 g/mol. The van der Waals surface area contributed by atoms with Crippen LogP contribution in [-0.2, 0) is 9.53 Å². The number of carbonyl (C=O) groups is 1. The van der Waals surface area contributed by atoms with Crippen molar-refractivity contribution >= 4 is 29.2 Å². The van der Waals surface area contributed by atoms with Gasteiger partial charge in [-0.1, -0.05) is 35.3 Å². The molecule has 0 bridgehead atoms. The SMILES string of the molecule is COc1ccc([C@@H]2OC(=O)C(Cl)=C2Cl)cc1. The molecule has 16 heavy (non-hydrogen) atoms. The Morgan fingerprint density at radius 1 is 1.25 bits per heavy atom. The molecule has 0 N–H and O–H groups in total. The molecule has 0 saturated carbocycles. The summed E-state index contributed by atoms with van der Waals surface area (Å²) in [4.78, 5) is 11.2. The van der Waals surface area contributed by atoms with Crippen LogP contribution in [0.4, 0.5) is 0 Å². The molecule has 0 radical (unpaired) electrons. The Balaban J connectivity index is 2.29. The van der Waals surface area contributed by atoms with Crippen LogP contribution in [0, 0.1) is 0 Å². The first-order valence-corrected chi connectivity index (χ1v) is 5.29. The Hall–Kier alpha value is -1.19. The van der Waals surface area contributed by atoms with Crippen LogP contribution in [0.1, 0.15) is 11.7 Å². The van der Waals surface area contributed by atoms with Gasteiger partial charge in [-0.3, -0.25) is 0 Å². The number of halogens is 2. The molecule has 5 heteroatoms. The fourth-order valence-corrected chi connectivity index (χ4v) is 1.81. The lowest BCUT2D eigenvalue weighted by Crippen LogP contribution is -2.01. The first-order chi connectivity index (χ1) is 7.63. The van der Waals surface area contributed by atoms with E-state index in [-0.39, 0.29) is 10.1 Å². The Labute approximate surface area is 103 Å². The second-order valence-electron chi connectivity index (χ2n) is 3.22. The summed E-state index contributed by atoms with van der Waals surface area (Å²) in [6.07, 6.45) is -0.604. The van der Waals surface area contributed by atoms with Crippen LogP contribution in [0.15, 0.2) is 34.3 Å². The van der Waals surface area contributed by atoms with Gasteiger partial charge in [-0.25, -0.2) is 4.79 Å². The minimum atomic E-state index is -0.604. The third kappa shape index (κ3) is 1.88. The molecule has 0 spiro atoms. The molecule has 0 aliphatic carbocycles. The highest BCUT2D eigenvalue weighted by Crippen LogP contribution is 2.39. The first-order valence-electron chi connectivity index (χ1n) is 4.53. The zero-order chi connectivity index (χ0) is 11.7. The van der Waals surface area contributed by atoms with Crippen LogP contribution in [0.25, 0.3) is 0 Å².